The van der Waals surface area contributed by atoms with E-state index in [1.807, 2.05) is 6.08 Å². The number of fused-ring (bicyclic) bond motifs is 5. The summed E-state index contributed by atoms with van der Waals surface area (Å²) in [6.45, 7) is 24.4. The molecule has 5 fully saturated rings. The first kappa shape index (κ1) is 29.7. The Morgan fingerprint density at radius 3 is 2.37 bits per heavy atom. The van der Waals surface area contributed by atoms with Crippen LogP contribution < -0.4 is 0 Å². The number of hydrogen-bond acceptors (Lipinski definition) is 1. The van der Waals surface area contributed by atoms with Crippen molar-refractivity contribution in [1.82, 2.24) is 4.90 Å². The normalized spacial score (nSPS) is 42.9. The van der Waals surface area contributed by atoms with Crippen LogP contribution in [0.2, 0.25) is 0 Å². The fourth-order valence-electron chi connectivity index (χ4n) is 10.7. The van der Waals surface area contributed by atoms with E-state index in [0.717, 1.165) is 30.1 Å². The first-order chi connectivity index (χ1) is 18.4. The number of hydrogen-bond donors (Lipinski definition) is 0. The van der Waals surface area contributed by atoms with Crippen LogP contribution >= 0.6 is 0 Å². The van der Waals surface area contributed by atoms with Gasteiger partial charge >= 0.3 is 0 Å². The standard InChI is InChI=1S/C35H55N.C2H4/c1-6-8-9-13-28(12-7-2)30-17-21-35(5)32-15-14-29-26-27(19-25-36-23-10-11-24-36)16-20-33(29,3)31(32)18-22-34(30,35)4;1-2/h8-9,12-13,27,29-32H,1,7,10-11,14-26H2,2-5H3;1-2H2/b13-9-,28-12+;. The minimum Gasteiger partial charge on any atom is -0.303 e. The van der Waals surface area contributed by atoms with Gasteiger partial charge in [-0.2, -0.15) is 0 Å². The zero-order valence-electron chi connectivity index (χ0n) is 25.6. The van der Waals surface area contributed by atoms with E-state index in [4.69, 9.17) is 0 Å². The van der Waals surface area contributed by atoms with E-state index < -0.39 is 0 Å². The Bertz CT molecular complexity index is 900. The Labute approximate surface area is 236 Å². The average molecular weight is 518 g/mol. The third-order valence-corrected chi connectivity index (χ3v) is 13.0. The third kappa shape index (κ3) is 5.24. The highest BCUT2D eigenvalue weighted by atomic mass is 15.1. The lowest BCUT2D eigenvalue weighted by atomic mass is 9.40. The Morgan fingerprint density at radius 1 is 0.921 bits per heavy atom. The summed E-state index contributed by atoms with van der Waals surface area (Å²) in [5.74, 6) is 4.60. The second-order valence-electron chi connectivity index (χ2n) is 14.3. The minimum atomic E-state index is 0.438. The van der Waals surface area contributed by atoms with E-state index in [9.17, 15) is 0 Å². The zero-order valence-corrected chi connectivity index (χ0v) is 25.6. The van der Waals surface area contributed by atoms with E-state index in [2.05, 4.69) is 76.3 Å². The molecule has 0 aromatic rings. The molecule has 5 aliphatic rings. The topological polar surface area (TPSA) is 3.24 Å². The summed E-state index contributed by atoms with van der Waals surface area (Å²) in [4.78, 5) is 2.74. The first-order valence-electron chi connectivity index (χ1n) is 16.3. The van der Waals surface area contributed by atoms with Crippen LogP contribution in [0.3, 0.4) is 0 Å². The van der Waals surface area contributed by atoms with Crippen molar-refractivity contribution < 1.29 is 0 Å². The highest BCUT2D eigenvalue weighted by molar-refractivity contribution is 5.30. The first-order valence-corrected chi connectivity index (χ1v) is 16.3. The van der Waals surface area contributed by atoms with Gasteiger partial charge in [0.2, 0.25) is 0 Å². The molecule has 1 nitrogen and oxygen atoms in total. The van der Waals surface area contributed by atoms with Crippen LogP contribution in [-0.2, 0) is 0 Å². The van der Waals surface area contributed by atoms with Crippen molar-refractivity contribution in [1.29, 1.82) is 0 Å². The van der Waals surface area contributed by atoms with Crippen molar-refractivity contribution in [3.05, 3.63) is 55.3 Å². The van der Waals surface area contributed by atoms with Crippen molar-refractivity contribution in [2.75, 3.05) is 19.6 Å². The van der Waals surface area contributed by atoms with Gasteiger partial charge in [0.05, 0.1) is 0 Å². The van der Waals surface area contributed by atoms with Gasteiger partial charge in [-0.3, -0.25) is 0 Å². The molecule has 1 saturated heterocycles. The summed E-state index contributed by atoms with van der Waals surface area (Å²) in [6.07, 6.45) is 27.8. The van der Waals surface area contributed by atoms with Crippen LogP contribution in [0.1, 0.15) is 111 Å². The van der Waals surface area contributed by atoms with Crippen molar-refractivity contribution in [2.45, 2.75) is 111 Å². The highest BCUT2D eigenvalue weighted by Crippen LogP contribution is 2.73. The number of nitrogens with zero attached hydrogens (tertiary/aromatic N) is 1. The van der Waals surface area contributed by atoms with E-state index in [1.54, 1.807) is 5.57 Å². The Hall–Kier alpha value is -1.30. The molecular weight excluding hydrogens is 458 g/mol. The van der Waals surface area contributed by atoms with Gasteiger partial charge in [-0.05, 0) is 161 Å². The number of allylic oxidation sites excluding steroid dienone is 5. The maximum atomic E-state index is 3.76. The molecule has 8 unspecified atom stereocenters. The second-order valence-corrected chi connectivity index (χ2v) is 14.3. The fraction of sp³-hybridized carbons (Fsp3) is 0.757. The highest BCUT2D eigenvalue weighted by Gasteiger charge is 2.65. The Balaban J connectivity index is 0.00000164. The molecular formula is C37H59N. The number of rotatable bonds is 7. The quantitative estimate of drug-likeness (QED) is 0.184. The Morgan fingerprint density at radius 2 is 1.66 bits per heavy atom. The van der Waals surface area contributed by atoms with Crippen LogP contribution in [0.15, 0.2) is 55.3 Å². The third-order valence-electron chi connectivity index (χ3n) is 13.0. The van der Waals surface area contributed by atoms with E-state index in [-0.39, 0.29) is 0 Å². The van der Waals surface area contributed by atoms with E-state index >= 15 is 0 Å². The summed E-state index contributed by atoms with van der Waals surface area (Å²) in [6, 6.07) is 0. The molecule has 4 saturated carbocycles. The summed E-state index contributed by atoms with van der Waals surface area (Å²) in [5.41, 5.74) is 6.06. The van der Waals surface area contributed by atoms with Crippen molar-refractivity contribution in [3.8, 4) is 0 Å². The molecule has 0 bridgehead atoms. The largest absolute Gasteiger partial charge is 0.303 e. The van der Waals surface area contributed by atoms with Gasteiger partial charge in [-0.25, -0.2) is 0 Å². The van der Waals surface area contributed by atoms with Gasteiger partial charge in [0.1, 0.15) is 0 Å². The van der Waals surface area contributed by atoms with Gasteiger partial charge in [0.25, 0.3) is 0 Å². The van der Waals surface area contributed by atoms with Crippen molar-refractivity contribution >= 4 is 0 Å². The summed E-state index contributed by atoms with van der Waals surface area (Å²) >= 11 is 0. The van der Waals surface area contributed by atoms with Gasteiger partial charge in [0.15, 0.2) is 0 Å². The maximum absolute atomic E-state index is 3.76. The zero-order chi connectivity index (χ0) is 27.4. The molecule has 212 valence electrons. The molecule has 5 rings (SSSR count). The average Bonchev–Trinajstić information content (AvgIpc) is 3.54. The predicted molar refractivity (Wildman–Crippen MR) is 166 cm³/mol. The molecule has 0 amide bonds. The molecule has 0 radical (unpaired) electrons. The van der Waals surface area contributed by atoms with Crippen LogP contribution in [0, 0.1) is 45.8 Å². The maximum Gasteiger partial charge on any atom is -0.00161 e. The van der Waals surface area contributed by atoms with Crippen molar-refractivity contribution in [2.24, 2.45) is 45.8 Å². The molecule has 1 aliphatic heterocycles. The summed E-state index contributed by atoms with van der Waals surface area (Å²) in [5, 5.41) is 0. The van der Waals surface area contributed by atoms with E-state index in [0.29, 0.717) is 22.2 Å². The molecule has 1 heteroatoms. The SMILES string of the molecule is C=C.C=C=C/C=C\C(=C/CC)C1CCC2(C)C3CCC4CC(CCN5CCCC5)CCC4(C)C3CCC12C. The Kier molecular flexibility index (Phi) is 9.74. The molecule has 8 atom stereocenters. The van der Waals surface area contributed by atoms with Gasteiger partial charge in [0, 0.05) is 0 Å². The van der Waals surface area contributed by atoms with Crippen molar-refractivity contribution in [3.63, 3.8) is 0 Å². The minimum absolute atomic E-state index is 0.438. The van der Waals surface area contributed by atoms with Crippen LogP contribution in [0.4, 0.5) is 0 Å². The lowest BCUT2D eigenvalue weighted by molar-refractivity contribution is -0.155. The monoisotopic (exact) mass is 517 g/mol. The fourth-order valence-corrected chi connectivity index (χ4v) is 10.7. The second kappa shape index (κ2) is 12.5. The van der Waals surface area contributed by atoms with Crippen LogP contribution in [-0.4, -0.2) is 24.5 Å². The van der Waals surface area contributed by atoms with Gasteiger partial charge in [-0.1, -0.05) is 52.5 Å². The molecule has 4 aliphatic carbocycles. The molecule has 38 heavy (non-hydrogen) atoms. The molecule has 0 N–H and O–H groups in total. The van der Waals surface area contributed by atoms with Crippen LogP contribution in [0.25, 0.3) is 0 Å². The molecule has 1 heterocycles. The van der Waals surface area contributed by atoms with E-state index in [1.165, 1.54) is 96.7 Å². The summed E-state index contributed by atoms with van der Waals surface area (Å²) in [7, 11) is 0. The van der Waals surface area contributed by atoms with Gasteiger partial charge < -0.3 is 4.90 Å². The lowest BCUT2D eigenvalue weighted by Crippen LogP contribution is -2.57. The summed E-state index contributed by atoms with van der Waals surface area (Å²) < 4.78 is 0. The predicted octanol–water partition coefficient (Wildman–Crippen LogP) is 10.2. The number of likely N-dealkylation sites (tertiary alicyclic amines) is 1. The molecule has 0 aromatic carbocycles. The molecule has 0 aromatic heterocycles. The lowest BCUT2D eigenvalue weighted by Gasteiger charge is -2.65. The molecule has 0 spiro atoms. The smallest absolute Gasteiger partial charge is 0.00161 e. The van der Waals surface area contributed by atoms with Gasteiger partial charge in [-0.15, -0.1) is 18.9 Å². The van der Waals surface area contributed by atoms with Crippen LogP contribution in [0.5, 0.6) is 0 Å².